The number of aromatic carboxylic acids is 1. The number of rotatable bonds is 4. The highest BCUT2D eigenvalue weighted by atomic mass is 16.5. The smallest absolute Gasteiger partial charge is 0.335 e. The van der Waals surface area contributed by atoms with E-state index in [2.05, 4.69) is 4.98 Å². The van der Waals surface area contributed by atoms with Crippen LogP contribution < -0.4 is 4.74 Å². The van der Waals surface area contributed by atoms with Crippen molar-refractivity contribution in [2.75, 3.05) is 0 Å². The highest BCUT2D eigenvalue weighted by molar-refractivity contribution is 5.88. The van der Waals surface area contributed by atoms with Crippen molar-refractivity contribution in [1.82, 2.24) is 4.98 Å². The average molecular weight is 268 g/mol. The van der Waals surface area contributed by atoms with Crippen molar-refractivity contribution in [3.8, 4) is 17.7 Å². The monoisotopic (exact) mass is 268 g/mol. The van der Waals surface area contributed by atoms with Gasteiger partial charge in [-0.05, 0) is 24.6 Å². The first-order valence-corrected chi connectivity index (χ1v) is 6.05. The number of para-hydroxylation sites is 1. The zero-order valence-corrected chi connectivity index (χ0v) is 10.8. The Balaban J connectivity index is 2.40. The lowest BCUT2D eigenvalue weighted by atomic mass is 10.2. The fourth-order valence-corrected chi connectivity index (χ4v) is 1.68. The second kappa shape index (κ2) is 5.85. The fraction of sp³-hybridized carbons (Fsp3) is 0.133. The van der Waals surface area contributed by atoms with Crippen molar-refractivity contribution in [1.29, 1.82) is 5.26 Å². The van der Waals surface area contributed by atoms with Gasteiger partial charge in [-0.3, -0.25) is 0 Å². The maximum absolute atomic E-state index is 11.1. The molecule has 1 heterocycles. The maximum Gasteiger partial charge on any atom is 0.335 e. The number of nitriles is 1. The van der Waals surface area contributed by atoms with E-state index in [-0.39, 0.29) is 11.4 Å². The maximum atomic E-state index is 11.1. The summed E-state index contributed by atoms with van der Waals surface area (Å²) in [5.74, 6) is -0.517. The van der Waals surface area contributed by atoms with Gasteiger partial charge in [0.25, 0.3) is 0 Å². The summed E-state index contributed by atoms with van der Waals surface area (Å²) < 4.78 is 5.54. The minimum Gasteiger partial charge on any atom is -0.478 e. The van der Waals surface area contributed by atoms with Crippen LogP contribution in [0, 0.1) is 11.3 Å². The van der Waals surface area contributed by atoms with Crippen LogP contribution in [-0.2, 0) is 6.42 Å². The van der Waals surface area contributed by atoms with Gasteiger partial charge in [0.05, 0.1) is 11.1 Å². The third-order valence-electron chi connectivity index (χ3n) is 2.69. The summed E-state index contributed by atoms with van der Waals surface area (Å²) in [6, 6.07) is 11.6. The predicted molar refractivity (Wildman–Crippen MR) is 71.8 cm³/mol. The van der Waals surface area contributed by atoms with Crippen molar-refractivity contribution < 1.29 is 14.6 Å². The molecule has 1 aromatic heterocycles. The molecule has 0 bridgehead atoms. The van der Waals surface area contributed by atoms with Crippen molar-refractivity contribution in [3.05, 3.63) is 53.2 Å². The van der Waals surface area contributed by atoms with Crippen LogP contribution in [0.5, 0.6) is 11.6 Å². The summed E-state index contributed by atoms with van der Waals surface area (Å²) in [5.41, 5.74) is 1.10. The molecule has 0 amide bonds. The van der Waals surface area contributed by atoms with Gasteiger partial charge in [0.15, 0.2) is 0 Å². The molecule has 0 saturated heterocycles. The molecule has 20 heavy (non-hydrogen) atoms. The second-order valence-corrected chi connectivity index (χ2v) is 4.05. The Hall–Kier alpha value is -2.87. The number of hydrogen-bond acceptors (Lipinski definition) is 4. The van der Waals surface area contributed by atoms with Crippen LogP contribution in [0.2, 0.25) is 0 Å². The molecule has 100 valence electrons. The summed E-state index contributed by atoms with van der Waals surface area (Å²) in [4.78, 5) is 15.3. The zero-order valence-electron chi connectivity index (χ0n) is 10.8. The van der Waals surface area contributed by atoms with E-state index in [0.29, 0.717) is 23.4 Å². The van der Waals surface area contributed by atoms with E-state index in [1.54, 1.807) is 24.3 Å². The number of nitrogens with zero attached hydrogens (tertiary/aromatic N) is 2. The van der Waals surface area contributed by atoms with E-state index in [4.69, 9.17) is 15.1 Å². The SMILES string of the molecule is CCc1cc(C(=O)O)cc(Oc2ccccc2C#N)n1. The summed E-state index contributed by atoms with van der Waals surface area (Å²) in [5, 5.41) is 18.1. The minimum absolute atomic E-state index is 0.112. The van der Waals surface area contributed by atoms with Crippen LogP contribution >= 0.6 is 0 Å². The lowest BCUT2D eigenvalue weighted by Gasteiger charge is -2.08. The van der Waals surface area contributed by atoms with E-state index in [0.717, 1.165) is 0 Å². The summed E-state index contributed by atoms with van der Waals surface area (Å²) in [6.45, 7) is 1.88. The molecule has 0 aliphatic carbocycles. The summed E-state index contributed by atoms with van der Waals surface area (Å²) in [6.07, 6.45) is 0.595. The average Bonchev–Trinajstić information content (AvgIpc) is 2.47. The Kier molecular flexibility index (Phi) is 3.96. The molecule has 1 aromatic carbocycles. The van der Waals surface area contributed by atoms with Crippen molar-refractivity contribution >= 4 is 5.97 Å². The van der Waals surface area contributed by atoms with Gasteiger partial charge in [0, 0.05) is 11.8 Å². The van der Waals surface area contributed by atoms with Crippen molar-refractivity contribution in [2.45, 2.75) is 13.3 Å². The minimum atomic E-state index is -1.04. The molecule has 5 heteroatoms. The van der Waals surface area contributed by atoms with Gasteiger partial charge in [-0.15, -0.1) is 0 Å². The normalized spacial score (nSPS) is 9.80. The van der Waals surface area contributed by atoms with E-state index in [1.165, 1.54) is 12.1 Å². The Morgan fingerprint density at radius 3 is 2.80 bits per heavy atom. The van der Waals surface area contributed by atoms with Gasteiger partial charge in [-0.2, -0.15) is 5.26 Å². The van der Waals surface area contributed by atoms with Crippen LogP contribution in [0.25, 0.3) is 0 Å². The lowest BCUT2D eigenvalue weighted by molar-refractivity contribution is 0.0696. The Labute approximate surface area is 116 Å². The quantitative estimate of drug-likeness (QED) is 0.921. The molecule has 0 aliphatic rings. The number of aryl methyl sites for hydroxylation is 1. The molecule has 1 N–H and O–H groups in total. The molecular weight excluding hydrogens is 256 g/mol. The van der Waals surface area contributed by atoms with E-state index in [9.17, 15) is 4.79 Å². The molecule has 0 fully saturated rings. The molecule has 0 atom stereocenters. The predicted octanol–water partition coefficient (Wildman–Crippen LogP) is 3.01. The largest absolute Gasteiger partial charge is 0.478 e. The topological polar surface area (TPSA) is 83.2 Å². The number of carbonyl (C=O) groups is 1. The third-order valence-corrected chi connectivity index (χ3v) is 2.69. The molecular formula is C15H12N2O3. The molecule has 2 rings (SSSR count). The molecule has 0 saturated carbocycles. The molecule has 5 nitrogen and oxygen atoms in total. The third kappa shape index (κ3) is 2.93. The first kappa shape index (κ1) is 13.6. The number of pyridine rings is 1. The van der Waals surface area contributed by atoms with Crippen LogP contribution in [0.1, 0.15) is 28.5 Å². The number of hydrogen-bond donors (Lipinski definition) is 1. The van der Waals surface area contributed by atoms with Gasteiger partial charge in [0.1, 0.15) is 11.8 Å². The molecule has 0 spiro atoms. The highest BCUT2D eigenvalue weighted by Crippen LogP contribution is 2.24. The molecule has 0 unspecified atom stereocenters. The number of carboxylic acids is 1. The van der Waals surface area contributed by atoms with Crippen LogP contribution in [0.4, 0.5) is 0 Å². The van der Waals surface area contributed by atoms with Crippen molar-refractivity contribution in [2.24, 2.45) is 0 Å². The first-order valence-electron chi connectivity index (χ1n) is 6.05. The Bertz CT molecular complexity index is 690. The molecule has 0 aliphatic heterocycles. The Morgan fingerprint density at radius 1 is 1.40 bits per heavy atom. The van der Waals surface area contributed by atoms with Crippen LogP contribution in [-0.4, -0.2) is 16.1 Å². The van der Waals surface area contributed by atoms with Crippen LogP contribution in [0.3, 0.4) is 0 Å². The number of carboxylic acid groups (broad SMARTS) is 1. The molecule has 0 radical (unpaired) electrons. The van der Waals surface area contributed by atoms with Gasteiger partial charge in [-0.1, -0.05) is 19.1 Å². The van der Waals surface area contributed by atoms with Gasteiger partial charge in [0.2, 0.25) is 5.88 Å². The second-order valence-electron chi connectivity index (χ2n) is 4.05. The zero-order chi connectivity index (χ0) is 14.5. The number of benzene rings is 1. The van der Waals surface area contributed by atoms with Gasteiger partial charge < -0.3 is 9.84 Å². The lowest BCUT2D eigenvalue weighted by Crippen LogP contribution is -2.01. The van der Waals surface area contributed by atoms with E-state index in [1.807, 2.05) is 13.0 Å². The summed E-state index contributed by atoms with van der Waals surface area (Å²) >= 11 is 0. The molecule has 2 aromatic rings. The standard InChI is InChI=1S/C15H12N2O3/c1-2-12-7-11(15(18)19)8-14(17-12)20-13-6-4-3-5-10(13)9-16/h3-8H,2H2,1H3,(H,18,19). The van der Waals surface area contributed by atoms with E-state index < -0.39 is 5.97 Å². The van der Waals surface area contributed by atoms with Crippen molar-refractivity contribution in [3.63, 3.8) is 0 Å². The number of ether oxygens (including phenoxy) is 1. The van der Waals surface area contributed by atoms with Crippen LogP contribution in [0.15, 0.2) is 36.4 Å². The fourth-order valence-electron chi connectivity index (χ4n) is 1.68. The van der Waals surface area contributed by atoms with Gasteiger partial charge >= 0.3 is 5.97 Å². The first-order chi connectivity index (χ1) is 9.63. The Morgan fingerprint density at radius 2 is 2.15 bits per heavy atom. The van der Waals surface area contributed by atoms with Gasteiger partial charge in [-0.25, -0.2) is 9.78 Å². The number of aromatic nitrogens is 1. The summed E-state index contributed by atoms with van der Waals surface area (Å²) in [7, 11) is 0. The highest BCUT2D eigenvalue weighted by Gasteiger charge is 2.10. The van der Waals surface area contributed by atoms with E-state index >= 15 is 0 Å².